The number of aromatic nitrogens is 2. The summed E-state index contributed by atoms with van der Waals surface area (Å²) >= 11 is 0. The van der Waals surface area contributed by atoms with Crippen molar-refractivity contribution in [3.05, 3.63) is 53.3 Å². The van der Waals surface area contributed by atoms with Gasteiger partial charge in [0.2, 0.25) is 0 Å². The Morgan fingerprint density at radius 2 is 1.90 bits per heavy atom. The first-order valence-corrected chi connectivity index (χ1v) is 6.39. The molecule has 1 aromatic carbocycles. The number of benzene rings is 1. The molecule has 0 radical (unpaired) electrons. The second-order valence-corrected chi connectivity index (χ2v) is 4.44. The number of hydrogen-bond donors (Lipinski definition) is 1. The van der Waals surface area contributed by atoms with Gasteiger partial charge >= 0.3 is 6.18 Å². The lowest BCUT2D eigenvalue weighted by atomic mass is 10.2. The molecule has 1 aromatic heterocycles. The summed E-state index contributed by atoms with van der Waals surface area (Å²) in [5, 5.41) is 6.79. The van der Waals surface area contributed by atoms with Crippen molar-refractivity contribution in [2.45, 2.75) is 26.2 Å². The molecule has 6 heteroatoms. The van der Waals surface area contributed by atoms with Gasteiger partial charge < -0.3 is 5.32 Å². The van der Waals surface area contributed by atoms with Crippen LogP contribution in [0.3, 0.4) is 0 Å². The summed E-state index contributed by atoms with van der Waals surface area (Å²) in [6, 6.07) is 8.99. The molecule has 20 heavy (non-hydrogen) atoms. The molecule has 2 aromatic rings. The summed E-state index contributed by atoms with van der Waals surface area (Å²) in [6.45, 7) is 2.74. The molecule has 1 N–H and O–H groups in total. The Hall–Kier alpha value is -1.82. The topological polar surface area (TPSA) is 29.9 Å². The van der Waals surface area contributed by atoms with Gasteiger partial charge in [-0.05, 0) is 12.1 Å². The Bertz CT molecular complexity index is 547. The Labute approximate surface area is 115 Å². The summed E-state index contributed by atoms with van der Waals surface area (Å²) in [4.78, 5) is 0. The Morgan fingerprint density at radius 1 is 1.20 bits per heavy atom. The van der Waals surface area contributed by atoms with Crippen molar-refractivity contribution in [2.24, 2.45) is 0 Å². The molecule has 0 unspecified atom stereocenters. The van der Waals surface area contributed by atoms with Crippen molar-refractivity contribution >= 4 is 0 Å². The van der Waals surface area contributed by atoms with Crippen LogP contribution in [0.1, 0.15) is 23.7 Å². The van der Waals surface area contributed by atoms with E-state index in [9.17, 15) is 13.2 Å². The lowest BCUT2D eigenvalue weighted by Crippen LogP contribution is -2.20. The van der Waals surface area contributed by atoms with Crippen molar-refractivity contribution in [3.8, 4) is 0 Å². The maximum atomic E-state index is 13.2. The van der Waals surface area contributed by atoms with E-state index < -0.39 is 11.9 Å². The molecule has 1 heterocycles. The zero-order valence-corrected chi connectivity index (χ0v) is 11.1. The Balaban J connectivity index is 2.31. The first-order chi connectivity index (χ1) is 9.52. The van der Waals surface area contributed by atoms with E-state index in [1.54, 1.807) is 24.3 Å². The monoisotopic (exact) mass is 283 g/mol. The highest BCUT2D eigenvalue weighted by Gasteiger charge is 2.37. The first-order valence-electron chi connectivity index (χ1n) is 6.39. The second-order valence-electron chi connectivity index (χ2n) is 4.44. The fourth-order valence-electron chi connectivity index (χ4n) is 2.02. The molecule has 0 spiro atoms. The number of rotatable bonds is 5. The second kappa shape index (κ2) is 6.09. The van der Waals surface area contributed by atoms with Gasteiger partial charge in [-0.15, -0.1) is 0 Å². The molecule has 0 saturated carbocycles. The third-order valence-corrected chi connectivity index (χ3v) is 2.92. The van der Waals surface area contributed by atoms with Crippen LogP contribution in [-0.2, 0) is 19.3 Å². The molecule has 0 aliphatic carbocycles. The quantitative estimate of drug-likeness (QED) is 0.914. The number of halogens is 3. The third-order valence-electron chi connectivity index (χ3n) is 2.92. The molecule has 0 aliphatic heterocycles. The fraction of sp³-hybridized carbons (Fsp3) is 0.357. The van der Waals surface area contributed by atoms with Crippen LogP contribution in [0.4, 0.5) is 13.2 Å². The predicted molar refractivity (Wildman–Crippen MR) is 70.2 cm³/mol. The van der Waals surface area contributed by atoms with Gasteiger partial charge in [-0.3, -0.25) is 4.68 Å². The average molecular weight is 283 g/mol. The highest BCUT2D eigenvalue weighted by Crippen LogP contribution is 2.32. The van der Waals surface area contributed by atoms with E-state index in [1.807, 2.05) is 13.0 Å². The molecule has 0 fully saturated rings. The van der Waals surface area contributed by atoms with Gasteiger partial charge in [-0.2, -0.15) is 18.3 Å². The minimum Gasteiger partial charge on any atom is -0.313 e. The summed E-state index contributed by atoms with van der Waals surface area (Å²) in [5.74, 6) is 0. The third kappa shape index (κ3) is 3.39. The molecule has 108 valence electrons. The Morgan fingerprint density at radius 3 is 2.50 bits per heavy atom. The van der Waals surface area contributed by atoms with Crippen LogP contribution in [0, 0.1) is 0 Å². The standard InChI is InChI=1S/C14H16F3N3/c1-2-18-8-12-9-19-20(13(12)14(15,16)17)10-11-6-4-3-5-7-11/h3-7,9,18H,2,8,10H2,1H3. The molecule has 3 nitrogen and oxygen atoms in total. The van der Waals surface area contributed by atoms with Gasteiger partial charge in [-0.25, -0.2) is 0 Å². The first kappa shape index (κ1) is 14.6. The molecule has 0 aliphatic rings. The maximum absolute atomic E-state index is 13.2. The van der Waals surface area contributed by atoms with Crippen molar-refractivity contribution in [2.75, 3.05) is 6.54 Å². The molecule has 0 saturated heterocycles. The van der Waals surface area contributed by atoms with E-state index in [0.29, 0.717) is 6.54 Å². The molecule has 0 bridgehead atoms. The summed E-state index contributed by atoms with van der Waals surface area (Å²) in [6.07, 6.45) is -3.12. The van der Waals surface area contributed by atoms with Gasteiger partial charge in [0.1, 0.15) is 5.69 Å². The number of nitrogens with one attached hydrogen (secondary N) is 1. The van der Waals surface area contributed by atoms with Crippen LogP contribution in [-0.4, -0.2) is 16.3 Å². The summed E-state index contributed by atoms with van der Waals surface area (Å²) in [7, 11) is 0. The lowest BCUT2D eigenvalue weighted by molar-refractivity contribution is -0.144. The van der Waals surface area contributed by atoms with E-state index in [4.69, 9.17) is 0 Å². The largest absolute Gasteiger partial charge is 0.433 e. The van der Waals surface area contributed by atoms with Crippen LogP contribution < -0.4 is 5.32 Å². The van der Waals surface area contributed by atoms with Crippen molar-refractivity contribution < 1.29 is 13.2 Å². The van der Waals surface area contributed by atoms with Crippen LogP contribution in [0.25, 0.3) is 0 Å². The van der Waals surface area contributed by atoms with E-state index in [1.165, 1.54) is 6.20 Å². The highest BCUT2D eigenvalue weighted by atomic mass is 19.4. The highest BCUT2D eigenvalue weighted by molar-refractivity contribution is 5.23. The van der Waals surface area contributed by atoms with E-state index in [2.05, 4.69) is 10.4 Å². The SMILES string of the molecule is CCNCc1cnn(Cc2ccccc2)c1C(F)(F)F. The summed E-state index contributed by atoms with van der Waals surface area (Å²) in [5.41, 5.74) is 0.286. The number of hydrogen-bond acceptors (Lipinski definition) is 2. The number of alkyl halides is 3. The Kier molecular flexibility index (Phi) is 4.44. The van der Waals surface area contributed by atoms with Crippen molar-refractivity contribution in [3.63, 3.8) is 0 Å². The molecule has 0 amide bonds. The van der Waals surface area contributed by atoms with Crippen LogP contribution in [0.15, 0.2) is 36.5 Å². The van der Waals surface area contributed by atoms with E-state index in [0.717, 1.165) is 10.2 Å². The van der Waals surface area contributed by atoms with Crippen LogP contribution in [0.2, 0.25) is 0 Å². The van der Waals surface area contributed by atoms with Crippen molar-refractivity contribution in [1.82, 2.24) is 15.1 Å². The summed E-state index contributed by atoms with van der Waals surface area (Å²) < 4.78 is 40.6. The van der Waals surface area contributed by atoms with Crippen molar-refractivity contribution in [1.29, 1.82) is 0 Å². The predicted octanol–water partition coefficient (Wildman–Crippen LogP) is 3.06. The smallest absolute Gasteiger partial charge is 0.313 e. The fourth-order valence-corrected chi connectivity index (χ4v) is 2.02. The molecular weight excluding hydrogens is 267 g/mol. The normalized spacial score (nSPS) is 11.8. The zero-order chi connectivity index (χ0) is 14.6. The maximum Gasteiger partial charge on any atom is 0.433 e. The van der Waals surface area contributed by atoms with E-state index in [-0.39, 0.29) is 18.7 Å². The minimum atomic E-state index is -4.41. The molecule has 0 atom stereocenters. The van der Waals surface area contributed by atoms with Gasteiger partial charge in [0.25, 0.3) is 0 Å². The molecule has 2 rings (SSSR count). The van der Waals surface area contributed by atoms with Gasteiger partial charge in [0.15, 0.2) is 0 Å². The van der Waals surface area contributed by atoms with Crippen LogP contribution in [0.5, 0.6) is 0 Å². The van der Waals surface area contributed by atoms with Gasteiger partial charge in [0.05, 0.1) is 12.7 Å². The minimum absolute atomic E-state index is 0.113. The van der Waals surface area contributed by atoms with Gasteiger partial charge in [0, 0.05) is 12.1 Å². The van der Waals surface area contributed by atoms with Crippen LogP contribution >= 0.6 is 0 Å². The number of nitrogens with zero attached hydrogens (tertiary/aromatic N) is 2. The average Bonchev–Trinajstić information content (AvgIpc) is 2.80. The lowest BCUT2D eigenvalue weighted by Gasteiger charge is -2.13. The zero-order valence-electron chi connectivity index (χ0n) is 11.1. The van der Waals surface area contributed by atoms with E-state index >= 15 is 0 Å². The van der Waals surface area contributed by atoms with Gasteiger partial charge in [-0.1, -0.05) is 37.3 Å². The molecular formula is C14H16F3N3.